The van der Waals surface area contributed by atoms with E-state index in [0.29, 0.717) is 12.8 Å². The standard InChI is InChI=1S/C64H109NO18/c1-3-5-7-9-11-13-15-17-19-21-22-23-24-26-28-30-32-34-36-38-40-42-52(70)65-47(48(69)41-39-37-35-33-31-29-27-25-20-18-16-14-12-10-8-6-4-2)46-78-62-58(76)55(73)60(50(44-67)80-62)83-64-59(77)56(74)61(51(45-68)81-64)82-63-57(75)54(72)53(71)49(43-66)79-63/h5,7,11,13,17,19-20,22-23,25,31,33,39,41,47-51,53-64,66-69,71-77H,3-4,6,8-10,12,14-16,18,21,24,26-30,32,34-38,40,42-46H2,1-2H3,(H,65,70)/b7-5-,13-11-,19-17-,23-22-,25-20+,33-31+,41-39+. The molecule has 0 aromatic rings. The fraction of sp³-hybridized carbons (Fsp3) is 0.766. The molecule has 0 aromatic heterocycles. The molecular weight excluding hydrogens is 1070 g/mol. The Kier molecular flexibility index (Phi) is 41.3. The highest BCUT2D eigenvalue weighted by atomic mass is 16.8. The van der Waals surface area contributed by atoms with Gasteiger partial charge in [-0.3, -0.25) is 4.79 Å². The van der Waals surface area contributed by atoms with Gasteiger partial charge in [0, 0.05) is 6.42 Å². The molecule has 17 atom stereocenters. The monoisotopic (exact) mass is 1180 g/mol. The van der Waals surface area contributed by atoms with Gasteiger partial charge < -0.3 is 89.9 Å². The second-order valence-corrected chi connectivity index (χ2v) is 22.1. The van der Waals surface area contributed by atoms with Gasteiger partial charge in [0.15, 0.2) is 18.9 Å². The van der Waals surface area contributed by atoms with Gasteiger partial charge in [0.1, 0.15) is 73.2 Å². The summed E-state index contributed by atoms with van der Waals surface area (Å²) in [5, 5.41) is 120. The zero-order chi connectivity index (χ0) is 60.5. The van der Waals surface area contributed by atoms with Gasteiger partial charge in [-0.25, -0.2) is 0 Å². The Morgan fingerprint density at radius 1 is 0.446 bits per heavy atom. The lowest BCUT2D eigenvalue weighted by atomic mass is 9.96. The molecule has 3 aliphatic rings. The highest BCUT2D eigenvalue weighted by Gasteiger charge is 2.53. The molecule has 17 unspecified atom stereocenters. The van der Waals surface area contributed by atoms with Crippen molar-refractivity contribution in [2.75, 3.05) is 26.4 Å². The average Bonchev–Trinajstić information content (AvgIpc) is 3.34. The van der Waals surface area contributed by atoms with E-state index in [2.05, 4.69) is 92.1 Å². The van der Waals surface area contributed by atoms with Gasteiger partial charge in [0.2, 0.25) is 5.91 Å². The first-order valence-electron chi connectivity index (χ1n) is 31.3. The number of aliphatic hydroxyl groups excluding tert-OH is 11. The fourth-order valence-electron chi connectivity index (χ4n) is 10.0. The van der Waals surface area contributed by atoms with Crippen LogP contribution in [0.25, 0.3) is 0 Å². The summed E-state index contributed by atoms with van der Waals surface area (Å²) in [6.07, 6.45) is 29.8. The number of nitrogens with one attached hydrogen (secondary N) is 1. The van der Waals surface area contributed by atoms with E-state index in [4.69, 9.17) is 28.4 Å². The van der Waals surface area contributed by atoms with Crippen molar-refractivity contribution in [3.63, 3.8) is 0 Å². The molecular formula is C64H109NO18. The predicted molar refractivity (Wildman–Crippen MR) is 318 cm³/mol. The maximum atomic E-state index is 13.4. The van der Waals surface area contributed by atoms with Crippen molar-refractivity contribution in [1.29, 1.82) is 0 Å². The zero-order valence-corrected chi connectivity index (χ0v) is 49.9. The van der Waals surface area contributed by atoms with Crippen LogP contribution in [0.3, 0.4) is 0 Å². The number of allylic oxidation sites excluding steroid dienone is 13. The van der Waals surface area contributed by atoms with Crippen LogP contribution in [-0.4, -0.2) is 193 Å². The molecule has 3 saturated heterocycles. The van der Waals surface area contributed by atoms with Crippen molar-refractivity contribution in [2.24, 2.45) is 0 Å². The molecule has 19 nitrogen and oxygen atoms in total. The minimum absolute atomic E-state index is 0.218. The first-order valence-corrected chi connectivity index (χ1v) is 31.3. The third kappa shape index (κ3) is 29.5. The molecule has 0 bridgehead atoms. The van der Waals surface area contributed by atoms with Crippen LogP contribution in [0.1, 0.15) is 181 Å². The van der Waals surface area contributed by atoms with Crippen LogP contribution in [0.15, 0.2) is 85.1 Å². The summed E-state index contributed by atoms with van der Waals surface area (Å²) >= 11 is 0. The van der Waals surface area contributed by atoms with Crippen LogP contribution in [-0.2, 0) is 33.2 Å². The molecule has 0 aromatic carbocycles. The number of amides is 1. The maximum Gasteiger partial charge on any atom is 0.220 e. The van der Waals surface area contributed by atoms with Gasteiger partial charge in [0.25, 0.3) is 0 Å². The molecule has 12 N–H and O–H groups in total. The highest BCUT2D eigenvalue weighted by Crippen LogP contribution is 2.33. The van der Waals surface area contributed by atoms with Gasteiger partial charge in [-0.05, 0) is 83.5 Å². The maximum absolute atomic E-state index is 13.4. The van der Waals surface area contributed by atoms with Crippen molar-refractivity contribution in [1.82, 2.24) is 5.32 Å². The first-order chi connectivity index (χ1) is 40.3. The first kappa shape index (κ1) is 74.2. The summed E-state index contributed by atoms with van der Waals surface area (Å²) < 4.78 is 34.2. The number of hydrogen-bond donors (Lipinski definition) is 12. The lowest BCUT2D eigenvalue weighted by Gasteiger charge is -2.48. The van der Waals surface area contributed by atoms with E-state index < -0.39 is 124 Å². The van der Waals surface area contributed by atoms with Crippen LogP contribution >= 0.6 is 0 Å². The smallest absolute Gasteiger partial charge is 0.220 e. The van der Waals surface area contributed by atoms with Gasteiger partial charge in [-0.1, -0.05) is 176 Å². The van der Waals surface area contributed by atoms with Crippen molar-refractivity contribution < 1.29 is 89.4 Å². The lowest BCUT2D eigenvalue weighted by Crippen LogP contribution is -2.66. The Morgan fingerprint density at radius 3 is 1.35 bits per heavy atom. The SMILES string of the molecule is CC/C=C\C/C=C\C/C=C\C/C=C\CCCCCCCCCCC(=O)NC(COC1OC(CO)C(OC2OC(CO)C(OC3OC(CO)C(O)C(O)C3O)C(O)C2O)C(O)C1O)C(O)/C=C/CC/C=C/CC/C=C/CCCCCCCCC. The molecule has 19 heteroatoms. The van der Waals surface area contributed by atoms with E-state index in [0.717, 1.165) is 89.9 Å². The van der Waals surface area contributed by atoms with Crippen LogP contribution in [0.5, 0.6) is 0 Å². The molecule has 0 saturated carbocycles. The second kappa shape index (κ2) is 46.2. The molecule has 478 valence electrons. The second-order valence-electron chi connectivity index (χ2n) is 22.1. The lowest BCUT2D eigenvalue weighted by molar-refractivity contribution is -0.379. The van der Waals surface area contributed by atoms with E-state index in [1.165, 1.54) is 57.8 Å². The van der Waals surface area contributed by atoms with Gasteiger partial charge >= 0.3 is 0 Å². The number of aliphatic hydroxyl groups is 11. The van der Waals surface area contributed by atoms with Gasteiger partial charge in [0.05, 0.1) is 38.6 Å². The normalized spacial score (nSPS) is 30.0. The summed E-state index contributed by atoms with van der Waals surface area (Å²) in [4.78, 5) is 13.4. The fourth-order valence-corrected chi connectivity index (χ4v) is 10.0. The summed E-state index contributed by atoms with van der Waals surface area (Å²) in [5.74, 6) is -0.302. The number of unbranched alkanes of at least 4 members (excludes halogenated alkanes) is 17. The van der Waals surface area contributed by atoms with Crippen LogP contribution < -0.4 is 5.32 Å². The Balaban J connectivity index is 1.50. The molecule has 1 amide bonds. The summed E-state index contributed by atoms with van der Waals surface area (Å²) in [6.45, 7) is 1.55. The molecule has 3 heterocycles. The largest absolute Gasteiger partial charge is 0.394 e. The minimum Gasteiger partial charge on any atom is -0.394 e. The predicted octanol–water partition coefficient (Wildman–Crippen LogP) is 6.37. The Morgan fingerprint density at radius 2 is 0.843 bits per heavy atom. The third-order valence-corrected chi connectivity index (χ3v) is 15.2. The zero-order valence-electron chi connectivity index (χ0n) is 49.9. The number of ether oxygens (including phenoxy) is 6. The van der Waals surface area contributed by atoms with E-state index >= 15 is 0 Å². The van der Waals surface area contributed by atoms with Crippen molar-refractivity contribution >= 4 is 5.91 Å². The minimum atomic E-state index is -1.99. The van der Waals surface area contributed by atoms with Crippen molar-refractivity contribution in [3.8, 4) is 0 Å². The van der Waals surface area contributed by atoms with E-state index in [9.17, 15) is 61.0 Å². The molecule has 3 aliphatic heterocycles. The molecule has 0 spiro atoms. The summed E-state index contributed by atoms with van der Waals surface area (Å²) in [5.41, 5.74) is 0. The number of carbonyl (C=O) groups excluding carboxylic acids is 1. The number of hydrogen-bond acceptors (Lipinski definition) is 18. The Labute approximate surface area is 495 Å². The molecule has 0 aliphatic carbocycles. The Bertz CT molecular complexity index is 1840. The molecule has 3 fully saturated rings. The van der Waals surface area contributed by atoms with E-state index in [1.54, 1.807) is 6.08 Å². The van der Waals surface area contributed by atoms with E-state index in [1.807, 2.05) is 6.08 Å². The van der Waals surface area contributed by atoms with E-state index in [-0.39, 0.29) is 18.9 Å². The molecule has 0 radical (unpaired) electrons. The van der Waals surface area contributed by atoms with Crippen LogP contribution in [0, 0.1) is 0 Å². The van der Waals surface area contributed by atoms with Gasteiger partial charge in [-0.2, -0.15) is 0 Å². The number of carbonyl (C=O) groups is 1. The van der Waals surface area contributed by atoms with Crippen molar-refractivity contribution in [2.45, 2.75) is 285 Å². The Hall–Kier alpha value is -3.03. The topological polar surface area (TPSA) is 307 Å². The quantitative estimate of drug-likeness (QED) is 0.0233. The third-order valence-electron chi connectivity index (χ3n) is 15.2. The van der Waals surface area contributed by atoms with Gasteiger partial charge in [-0.15, -0.1) is 0 Å². The number of rotatable bonds is 45. The molecule has 83 heavy (non-hydrogen) atoms. The van der Waals surface area contributed by atoms with Crippen LogP contribution in [0.4, 0.5) is 0 Å². The van der Waals surface area contributed by atoms with Crippen LogP contribution in [0.2, 0.25) is 0 Å². The highest BCUT2D eigenvalue weighted by molar-refractivity contribution is 5.76. The van der Waals surface area contributed by atoms with Crippen molar-refractivity contribution in [3.05, 3.63) is 85.1 Å². The molecule has 3 rings (SSSR count). The average molecular weight is 1180 g/mol. The summed E-state index contributed by atoms with van der Waals surface area (Å²) in [6, 6.07) is -1.01. The summed E-state index contributed by atoms with van der Waals surface area (Å²) in [7, 11) is 0.